The standard InChI is InChI=1S/C8H13N3OS2/c1-14-6-3-2-5(4-6)11-7(12)9-10-8(11)13/h5-6H,2-4H2,1H3,(H,9,12)(H,10,13). The molecule has 0 aromatic carbocycles. The van der Waals surface area contributed by atoms with Gasteiger partial charge in [-0.15, -0.1) is 0 Å². The maximum absolute atomic E-state index is 11.4. The van der Waals surface area contributed by atoms with Crippen LogP contribution in [0.4, 0.5) is 0 Å². The average Bonchev–Trinajstić information content (AvgIpc) is 2.73. The number of aromatic nitrogens is 3. The number of hydrogen-bond acceptors (Lipinski definition) is 3. The summed E-state index contributed by atoms with van der Waals surface area (Å²) in [6.07, 6.45) is 5.41. The number of aromatic amines is 2. The van der Waals surface area contributed by atoms with Gasteiger partial charge in [-0.2, -0.15) is 11.8 Å². The molecule has 0 saturated heterocycles. The molecule has 0 spiro atoms. The van der Waals surface area contributed by atoms with Crippen LogP contribution in [0.25, 0.3) is 0 Å². The van der Waals surface area contributed by atoms with Crippen molar-refractivity contribution in [2.75, 3.05) is 6.26 Å². The van der Waals surface area contributed by atoms with Crippen molar-refractivity contribution >= 4 is 24.0 Å². The highest BCUT2D eigenvalue weighted by Gasteiger charge is 2.26. The van der Waals surface area contributed by atoms with Crippen molar-refractivity contribution in [3.63, 3.8) is 0 Å². The largest absolute Gasteiger partial charge is 0.342 e. The Morgan fingerprint density at radius 2 is 2.29 bits per heavy atom. The summed E-state index contributed by atoms with van der Waals surface area (Å²) in [6.45, 7) is 0. The second kappa shape index (κ2) is 3.94. The zero-order valence-corrected chi connectivity index (χ0v) is 9.58. The Labute approximate surface area is 91.1 Å². The summed E-state index contributed by atoms with van der Waals surface area (Å²) < 4.78 is 2.19. The fourth-order valence-electron chi connectivity index (χ4n) is 2.02. The molecule has 4 nitrogen and oxygen atoms in total. The molecule has 0 radical (unpaired) electrons. The van der Waals surface area contributed by atoms with Crippen LogP contribution in [0, 0.1) is 4.77 Å². The van der Waals surface area contributed by atoms with Crippen molar-refractivity contribution in [1.29, 1.82) is 0 Å². The lowest BCUT2D eigenvalue weighted by molar-refractivity contribution is 0.499. The summed E-state index contributed by atoms with van der Waals surface area (Å²) >= 11 is 6.93. The maximum Gasteiger partial charge on any atom is 0.342 e. The number of rotatable bonds is 2. The first kappa shape index (κ1) is 10.0. The van der Waals surface area contributed by atoms with E-state index in [-0.39, 0.29) is 11.7 Å². The minimum atomic E-state index is -0.109. The van der Waals surface area contributed by atoms with Crippen molar-refractivity contribution < 1.29 is 0 Å². The van der Waals surface area contributed by atoms with Crippen molar-refractivity contribution in [1.82, 2.24) is 14.8 Å². The van der Waals surface area contributed by atoms with E-state index >= 15 is 0 Å². The number of nitrogens with one attached hydrogen (secondary N) is 2. The predicted octanol–water partition coefficient (Wildman–Crippen LogP) is 1.69. The van der Waals surface area contributed by atoms with Crippen molar-refractivity contribution in [2.24, 2.45) is 0 Å². The minimum absolute atomic E-state index is 0.109. The quantitative estimate of drug-likeness (QED) is 0.762. The van der Waals surface area contributed by atoms with E-state index in [2.05, 4.69) is 16.5 Å². The van der Waals surface area contributed by atoms with Crippen LogP contribution >= 0.6 is 24.0 Å². The molecule has 2 unspecified atom stereocenters. The topological polar surface area (TPSA) is 53.6 Å². The van der Waals surface area contributed by atoms with Gasteiger partial charge in [0.2, 0.25) is 0 Å². The molecule has 1 saturated carbocycles. The molecular weight excluding hydrogens is 218 g/mol. The molecule has 2 rings (SSSR count). The summed E-state index contributed by atoms with van der Waals surface area (Å²) in [5.74, 6) is 0. The highest BCUT2D eigenvalue weighted by molar-refractivity contribution is 7.99. The van der Waals surface area contributed by atoms with Gasteiger partial charge < -0.3 is 0 Å². The molecule has 1 aliphatic rings. The van der Waals surface area contributed by atoms with Gasteiger partial charge in [0.1, 0.15) is 0 Å². The molecule has 0 bridgehead atoms. The Morgan fingerprint density at radius 1 is 1.50 bits per heavy atom. The molecule has 0 aliphatic heterocycles. The van der Waals surface area contributed by atoms with Gasteiger partial charge in [0, 0.05) is 11.3 Å². The van der Waals surface area contributed by atoms with Crippen molar-refractivity contribution in [3.8, 4) is 0 Å². The molecule has 78 valence electrons. The van der Waals surface area contributed by atoms with E-state index in [1.165, 1.54) is 6.42 Å². The van der Waals surface area contributed by atoms with Gasteiger partial charge in [0.25, 0.3) is 0 Å². The Kier molecular flexibility index (Phi) is 2.83. The Morgan fingerprint density at radius 3 is 2.79 bits per heavy atom. The molecule has 1 aromatic heterocycles. The Hall–Kier alpha value is -0.490. The summed E-state index contributed by atoms with van der Waals surface area (Å²) in [7, 11) is 0. The normalized spacial score (nSPS) is 26.9. The van der Waals surface area contributed by atoms with Gasteiger partial charge in [0.05, 0.1) is 0 Å². The maximum atomic E-state index is 11.4. The highest BCUT2D eigenvalue weighted by Crippen LogP contribution is 2.35. The number of nitrogens with zero attached hydrogens (tertiary/aromatic N) is 1. The molecule has 14 heavy (non-hydrogen) atoms. The monoisotopic (exact) mass is 231 g/mol. The third kappa shape index (κ3) is 1.68. The lowest BCUT2D eigenvalue weighted by Gasteiger charge is -2.09. The summed E-state index contributed by atoms with van der Waals surface area (Å²) in [6, 6.07) is 0.287. The fraction of sp³-hybridized carbons (Fsp3) is 0.750. The minimum Gasteiger partial charge on any atom is -0.272 e. The van der Waals surface area contributed by atoms with E-state index in [1.54, 1.807) is 4.57 Å². The van der Waals surface area contributed by atoms with Gasteiger partial charge in [-0.1, -0.05) is 0 Å². The molecule has 1 aliphatic carbocycles. The summed E-state index contributed by atoms with van der Waals surface area (Å²) in [5, 5.41) is 5.88. The van der Waals surface area contributed by atoms with E-state index < -0.39 is 0 Å². The molecule has 2 N–H and O–H groups in total. The molecule has 1 fully saturated rings. The molecule has 1 aromatic rings. The smallest absolute Gasteiger partial charge is 0.272 e. The van der Waals surface area contributed by atoms with Crippen LogP contribution < -0.4 is 5.69 Å². The number of hydrogen-bond donors (Lipinski definition) is 2. The van der Waals surface area contributed by atoms with Gasteiger partial charge in [-0.3, -0.25) is 9.67 Å². The lowest BCUT2D eigenvalue weighted by Crippen LogP contribution is -2.21. The van der Waals surface area contributed by atoms with Gasteiger partial charge in [-0.05, 0) is 37.7 Å². The zero-order chi connectivity index (χ0) is 10.1. The van der Waals surface area contributed by atoms with E-state index in [0.29, 0.717) is 10.0 Å². The van der Waals surface area contributed by atoms with E-state index in [4.69, 9.17) is 12.2 Å². The molecular formula is C8H13N3OS2. The van der Waals surface area contributed by atoms with Crippen LogP contribution in [-0.4, -0.2) is 26.3 Å². The second-order valence-electron chi connectivity index (χ2n) is 3.55. The summed E-state index contributed by atoms with van der Waals surface area (Å²) in [5.41, 5.74) is -0.109. The molecule has 1 heterocycles. The third-order valence-electron chi connectivity index (χ3n) is 2.77. The number of thioether (sulfide) groups is 1. The van der Waals surface area contributed by atoms with Gasteiger partial charge in [-0.25, -0.2) is 9.89 Å². The average molecular weight is 231 g/mol. The van der Waals surface area contributed by atoms with Crippen molar-refractivity contribution in [3.05, 3.63) is 15.3 Å². The first-order chi connectivity index (χ1) is 6.72. The van der Waals surface area contributed by atoms with E-state index in [9.17, 15) is 4.79 Å². The number of H-pyrrole nitrogens is 2. The second-order valence-corrected chi connectivity index (χ2v) is 5.08. The van der Waals surface area contributed by atoms with Crippen LogP contribution in [0.3, 0.4) is 0 Å². The highest BCUT2D eigenvalue weighted by atomic mass is 32.2. The first-order valence-electron chi connectivity index (χ1n) is 4.64. The first-order valence-corrected chi connectivity index (χ1v) is 6.34. The Balaban J connectivity index is 2.25. The third-order valence-corrected chi connectivity index (χ3v) is 4.16. The van der Waals surface area contributed by atoms with Crippen molar-refractivity contribution in [2.45, 2.75) is 30.6 Å². The van der Waals surface area contributed by atoms with Crippen LogP contribution in [0.5, 0.6) is 0 Å². The van der Waals surface area contributed by atoms with Crippen LogP contribution in [0.1, 0.15) is 25.3 Å². The molecule has 2 atom stereocenters. The predicted molar refractivity (Wildman–Crippen MR) is 60.4 cm³/mol. The van der Waals surface area contributed by atoms with E-state index in [1.807, 2.05) is 11.8 Å². The van der Waals surface area contributed by atoms with Crippen LogP contribution in [-0.2, 0) is 0 Å². The van der Waals surface area contributed by atoms with E-state index in [0.717, 1.165) is 12.8 Å². The SMILES string of the molecule is CSC1CCC(n2c(=O)[nH][nH]c2=S)C1. The van der Waals surface area contributed by atoms with Gasteiger partial charge >= 0.3 is 5.69 Å². The van der Waals surface area contributed by atoms with Crippen LogP contribution in [0.2, 0.25) is 0 Å². The summed E-state index contributed by atoms with van der Waals surface area (Å²) in [4.78, 5) is 11.4. The molecule has 0 amide bonds. The van der Waals surface area contributed by atoms with Crippen LogP contribution in [0.15, 0.2) is 4.79 Å². The van der Waals surface area contributed by atoms with Gasteiger partial charge in [0.15, 0.2) is 4.77 Å². The Bertz CT molecular complexity index is 391. The zero-order valence-electron chi connectivity index (χ0n) is 7.95. The fourth-order valence-corrected chi connectivity index (χ4v) is 3.09. The molecule has 6 heteroatoms. The lowest BCUT2D eigenvalue weighted by atomic mass is 10.2.